The van der Waals surface area contributed by atoms with Gasteiger partial charge in [0.25, 0.3) is 0 Å². The molecule has 24 heavy (non-hydrogen) atoms. The third kappa shape index (κ3) is 2.99. The van der Waals surface area contributed by atoms with E-state index in [-0.39, 0.29) is 11.5 Å². The van der Waals surface area contributed by atoms with Crippen molar-refractivity contribution in [3.63, 3.8) is 0 Å². The molecule has 0 unspecified atom stereocenters. The van der Waals surface area contributed by atoms with Crippen LogP contribution in [0.5, 0.6) is 0 Å². The average Bonchev–Trinajstić information content (AvgIpc) is 3.20. The molecule has 1 N–H and O–H groups in total. The number of carbonyl (C=O) groups is 1. The average molecular weight is 346 g/mol. The number of likely N-dealkylation sites (tertiary alicyclic amines) is 1. The minimum Gasteiger partial charge on any atom is -0.369 e. The van der Waals surface area contributed by atoms with E-state index >= 15 is 0 Å². The summed E-state index contributed by atoms with van der Waals surface area (Å²) in [7, 11) is 1.84. The Kier molecular flexibility index (Phi) is 4.15. The third-order valence-corrected chi connectivity index (χ3v) is 6.07. The monoisotopic (exact) mass is 346 g/mol. The lowest BCUT2D eigenvalue weighted by Gasteiger charge is -2.43. The molecule has 128 valence electrons. The van der Waals surface area contributed by atoms with Crippen molar-refractivity contribution in [3.05, 3.63) is 34.3 Å². The minimum absolute atomic E-state index is 0.0142. The number of piperidine rings is 1. The lowest BCUT2D eigenvalue weighted by Crippen LogP contribution is -2.47. The van der Waals surface area contributed by atoms with Crippen molar-refractivity contribution in [1.82, 2.24) is 14.7 Å². The molecule has 7 heteroatoms. The number of nitrogens with zero attached hydrogens (tertiary/aromatic N) is 3. The molecular formula is C17H22N4O2S. The summed E-state index contributed by atoms with van der Waals surface area (Å²) in [5.74, 6) is 0.0142. The van der Waals surface area contributed by atoms with E-state index in [1.54, 1.807) is 17.1 Å². The fourth-order valence-electron chi connectivity index (χ4n) is 3.69. The Balaban J connectivity index is 1.35. The van der Waals surface area contributed by atoms with Crippen molar-refractivity contribution in [2.75, 3.05) is 31.6 Å². The summed E-state index contributed by atoms with van der Waals surface area (Å²) >= 11 is 1.82. The molecule has 2 aromatic heterocycles. The Morgan fingerprint density at radius 1 is 1.46 bits per heavy atom. The van der Waals surface area contributed by atoms with Gasteiger partial charge in [-0.05, 0) is 36.3 Å². The van der Waals surface area contributed by atoms with E-state index in [0.717, 1.165) is 44.6 Å². The maximum absolute atomic E-state index is 12.2. The van der Waals surface area contributed by atoms with Crippen molar-refractivity contribution >= 4 is 22.9 Å². The number of hydrogen-bond acceptors (Lipinski definition) is 5. The maximum atomic E-state index is 12.2. The van der Waals surface area contributed by atoms with Crippen LogP contribution in [0.1, 0.15) is 23.3 Å². The molecule has 4 rings (SSSR count). The van der Waals surface area contributed by atoms with Gasteiger partial charge in [0.1, 0.15) is 5.60 Å². The number of nitrogens with one attached hydrogen (secondary N) is 1. The number of rotatable bonds is 3. The molecule has 0 bridgehead atoms. The fraction of sp³-hybridized carbons (Fsp3) is 0.529. The zero-order valence-corrected chi connectivity index (χ0v) is 14.6. The van der Waals surface area contributed by atoms with Gasteiger partial charge in [0, 0.05) is 31.2 Å². The molecule has 6 nitrogen and oxygen atoms in total. The molecule has 2 aliphatic rings. The van der Waals surface area contributed by atoms with Crippen LogP contribution in [0.2, 0.25) is 0 Å². The van der Waals surface area contributed by atoms with Crippen LogP contribution in [0.4, 0.5) is 5.69 Å². The van der Waals surface area contributed by atoms with E-state index in [1.165, 1.54) is 10.4 Å². The van der Waals surface area contributed by atoms with Crippen LogP contribution in [0.25, 0.3) is 0 Å². The summed E-state index contributed by atoms with van der Waals surface area (Å²) in [5, 5.41) is 9.14. The number of amides is 1. The Morgan fingerprint density at radius 3 is 3.04 bits per heavy atom. The van der Waals surface area contributed by atoms with Crippen molar-refractivity contribution in [2.24, 2.45) is 7.05 Å². The molecule has 0 aliphatic carbocycles. The van der Waals surface area contributed by atoms with Crippen molar-refractivity contribution < 1.29 is 9.53 Å². The van der Waals surface area contributed by atoms with Gasteiger partial charge in [-0.3, -0.25) is 14.4 Å². The Bertz CT molecular complexity index is 731. The van der Waals surface area contributed by atoms with Crippen molar-refractivity contribution in [1.29, 1.82) is 0 Å². The van der Waals surface area contributed by atoms with Gasteiger partial charge in [-0.1, -0.05) is 0 Å². The highest BCUT2D eigenvalue weighted by Gasteiger charge is 2.41. The number of anilines is 1. The van der Waals surface area contributed by atoms with E-state index in [0.29, 0.717) is 6.54 Å². The maximum Gasteiger partial charge on any atom is 0.238 e. The molecular weight excluding hydrogens is 324 g/mol. The number of fused-ring (bicyclic) bond motifs is 2. The van der Waals surface area contributed by atoms with Gasteiger partial charge in [-0.2, -0.15) is 5.10 Å². The Morgan fingerprint density at radius 2 is 2.29 bits per heavy atom. The fourth-order valence-corrected chi connectivity index (χ4v) is 4.86. The predicted octanol–water partition coefficient (Wildman–Crippen LogP) is 1.98. The lowest BCUT2D eigenvalue weighted by atomic mass is 9.85. The van der Waals surface area contributed by atoms with Crippen LogP contribution in [0.15, 0.2) is 23.8 Å². The minimum atomic E-state index is -0.113. The number of carbonyl (C=O) groups excluding carboxylic acids is 1. The summed E-state index contributed by atoms with van der Waals surface area (Å²) in [6.45, 7) is 3.00. The zero-order valence-electron chi connectivity index (χ0n) is 13.8. The van der Waals surface area contributed by atoms with Crippen LogP contribution in [0, 0.1) is 0 Å². The van der Waals surface area contributed by atoms with Gasteiger partial charge < -0.3 is 10.1 Å². The van der Waals surface area contributed by atoms with E-state index in [2.05, 4.69) is 26.8 Å². The van der Waals surface area contributed by atoms with E-state index in [4.69, 9.17) is 4.74 Å². The van der Waals surface area contributed by atoms with Gasteiger partial charge in [-0.25, -0.2) is 0 Å². The van der Waals surface area contributed by atoms with Gasteiger partial charge in [-0.15, -0.1) is 11.3 Å². The first kappa shape index (κ1) is 15.8. The van der Waals surface area contributed by atoms with Gasteiger partial charge in [0.15, 0.2) is 0 Å². The lowest BCUT2D eigenvalue weighted by molar-refractivity contribution is -0.121. The van der Waals surface area contributed by atoms with Crippen LogP contribution in [-0.4, -0.2) is 46.8 Å². The standard InChI is InChI=1S/C17H22N4O2S/c1-20-11-14(10-18-20)19-15(22)12-21-6-4-17(5-7-21)16-13(2-8-23-17)3-9-24-16/h3,9-11H,2,4-8,12H2,1H3,(H,19,22). The molecule has 1 spiro atoms. The first-order valence-corrected chi connectivity index (χ1v) is 9.24. The molecule has 1 amide bonds. The van der Waals surface area contributed by atoms with Crippen LogP contribution < -0.4 is 5.32 Å². The molecule has 2 aromatic rings. The highest BCUT2D eigenvalue weighted by atomic mass is 32.1. The quantitative estimate of drug-likeness (QED) is 0.923. The Hall–Kier alpha value is -1.70. The van der Waals surface area contributed by atoms with E-state index in [9.17, 15) is 4.79 Å². The smallest absolute Gasteiger partial charge is 0.238 e. The second-order valence-electron chi connectivity index (χ2n) is 6.59. The molecule has 0 atom stereocenters. The molecule has 1 fully saturated rings. The van der Waals surface area contributed by atoms with Gasteiger partial charge >= 0.3 is 0 Å². The molecule has 4 heterocycles. The first-order valence-electron chi connectivity index (χ1n) is 8.36. The Labute approximate surface area is 145 Å². The SMILES string of the molecule is Cn1cc(NC(=O)CN2CCC3(CC2)OCCc2ccsc23)cn1. The normalized spacial score (nSPS) is 20.0. The van der Waals surface area contributed by atoms with Gasteiger partial charge in [0.05, 0.1) is 25.0 Å². The molecule has 0 saturated carbocycles. The number of aryl methyl sites for hydroxylation is 1. The van der Waals surface area contributed by atoms with Crippen LogP contribution in [0.3, 0.4) is 0 Å². The molecule has 0 aromatic carbocycles. The second kappa shape index (κ2) is 6.31. The summed E-state index contributed by atoms with van der Waals surface area (Å²) < 4.78 is 7.89. The van der Waals surface area contributed by atoms with Crippen LogP contribution >= 0.6 is 11.3 Å². The molecule has 2 aliphatic heterocycles. The zero-order chi connectivity index (χ0) is 16.6. The largest absolute Gasteiger partial charge is 0.369 e. The number of hydrogen-bond donors (Lipinski definition) is 1. The molecule has 0 radical (unpaired) electrons. The summed E-state index contributed by atoms with van der Waals surface area (Å²) in [6, 6.07) is 2.23. The third-order valence-electron chi connectivity index (χ3n) is 4.93. The van der Waals surface area contributed by atoms with Gasteiger partial charge in [0.2, 0.25) is 5.91 Å². The summed E-state index contributed by atoms with van der Waals surface area (Å²) in [4.78, 5) is 15.8. The second-order valence-corrected chi connectivity index (χ2v) is 7.51. The van der Waals surface area contributed by atoms with Crippen molar-refractivity contribution in [3.8, 4) is 0 Å². The summed E-state index contributed by atoms with van der Waals surface area (Å²) in [6.07, 6.45) is 6.41. The van der Waals surface area contributed by atoms with E-state index < -0.39 is 0 Å². The number of aromatic nitrogens is 2. The highest BCUT2D eigenvalue weighted by molar-refractivity contribution is 7.10. The summed E-state index contributed by atoms with van der Waals surface area (Å²) in [5.41, 5.74) is 2.08. The topological polar surface area (TPSA) is 59.4 Å². The highest BCUT2D eigenvalue weighted by Crippen LogP contribution is 2.44. The number of thiophene rings is 1. The number of ether oxygens (including phenoxy) is 1. The molecule has 1 saturated heterocycles. The van der Waals surface area contributed by atoms with Crippen LogP contribution in [-0.2, 0) is 28.6 Å². The van der Waals surface area contributed by atoms with Crippen molar-refractivity contribution in [2.45, 2.75) is 24.9 Å². The first-order chi connectivity index (χ1) is 11.6. The van der Waals surface area contributed by atoms with E-state index in [1.807, 2.05) is 18.4 Å². The predicted molar refractivity (Wildman–Crippen MR) is 93.2 cm³/mol.